The Labute approximate surface area is 142 Å². The van der Waals surface area contributed by atoms with E-state index in [9.17, 15) is 0 Å². The molecule has 2 nitrogen and oxygen atoms in total. The lowest BCUT2D eigenvalue weighted by molar-refractivity contribution is 0.551. The molecule has 4 heteroatoms. The number of anilines is 1. The van der Waals surface area contributed by atoms with Crippen LogP contribution in [0.3, 0.4) is 0 Å². The molecule has 2 rings (SSSR count). The van der Waals surface area contributed by atoms with Crippen molar-refractivity contribution in [3.05, 3.63) is 28.2 Å². The van der Waals surface area contributed by atoms with E-state index in [2.05, 4.69) is 76.9 Å². The van der Waals surface area contributed by atoms with Crippen molar-refractivity contribution in [2.45, 2.75) is 39.0 Å². The van der Waals surface area contributed by atoms with E-state index in [0.29, 0.717) is 5.92 Å². The summed E-state index contributed by atoms with van der Waals surface area (Å²) < 4.78 is 1.18. The number of hydrogen-bond donors (Lipinski definition) is 1. The average Bonchev–Trinajstić information content (AvgIpc) is 2.48. The van der Waals surface area contributed by atoms with Crippen molar-refractivity contribution in [3.63, 3.8) is 0 Å². The quantitative estimate of drug-likeness (QED) is 0.791. The smallest absolute Gasteiger partial charge is 0.0423 e. The van der Waals surface area contributed by atoms with Crippen molar-refractivity contribution in [1.29, 1.82) is 0 Å². The maximum Gasteiger partial charge on any atom is 0.0423 e. The molecular formula is C17H27BrN2S. The average molecular weight is 371 g/mol. The molecule has 0 radical (unpaired) electrons. The number of thioether (sulfide) groups is 1. The van der Waals surface area contributed by atoms with Crippen LogP contribution in [0.5, 0.6) is 0 Å². The molecule has 1 atom stereocenters. The maximum atomic E-state index is 3.63. The van der Waals surface area contributed by atoms with Gasteiger partial charge in [0.25, 0.3) is 0 Å². The van der Waals surface area contributed by atoms with Gasteiger partial charge in [-0.25, -0.2) is 0 Å². The monoisotopic (exact) mass is 370 g/mol. The molecule has 1 aromatic rings. The minimum absolute atomic E-state index is 0.694. The number of nitrogens with zero attached hydrogens (tertiary/aromatic N) is 1. The Hall–Kier alpha value is -0.190. The molecule has 1 aromatic carbocycles. The molecule has 1 heterocycles. The normalized spacial score (nSPS) is 19.3. The van der Waals surface area contributed by atoms with Crippen molar-refractivity contribution in [1.82, 2.24) is 5.32 Å². The Kier molecular flexibility index (Phi) is 6.90. The first kappa shape index (κ1) is 17.2. The lowest BCUT2D eigenvalue weighted by Gasteiger charge is -2.35. The summed E-state index contributed by atoms with van der Waals surface area (Å²) >= 11 is 5.76. The van der Waals surface area contributed by atoms with Crippen LogP contribution in [-0.2, 0) is 6.54 Å². The number of halogens is 1. The molecule has 0 aromatic heterocycles. The summed E-state index contributed by atoms with van der Waals surface area (Å²) in [4.78, 5) is 2.57. The molecule has 1 N–H and O–H groups in total. The molecular weight excluding hydrogens is 344 g/mol. The number of rotatable bonds is 6. The van der Waals surface area contributed by atoms with Gasteiger partial charge in [0.15, 0.2) is 0 Å². The van der Waals surface area contributed by atoms with Gasteiger partial charge in [0, 0.05) is 40.8 Å². The fraction of sp³-hybridized carbons (Fsp3) is 0.647. The summed E-state index contributed by atoms with van der Waals surface area (Å²) in [6.07, 6.45) is 1.26. The van der Waals surface area contributed by atoms with Crippen molar-refractivity contribution in [3.8, 4) is 0 Å². The highest BCUT2D eigenvalue weighted by atomic mass is 79.9. The first-order chi connectivity index (χ1) is 10.1. The second kappa shape index (κ2) is 8.44. The van der Waals surface area contributed by atoms with Gasteiger partial charge in [-0.3, -0.25) is 0 Å². The molecule has 0 saturated carbocycles. The number of hydrogen-bond acceptors (Lipinski definition) is 3. The first-order valence-electron chi connectivity index (χ1n) is 7.95. The zero-order valence-corrected chi connectivity index (χ0v) is 15.8. The van der Waals surface area contributed by atoms with Crippen LogP contribution in [0.15, 0.2) is 22.7 Å². The van der Waals surface area contributed by atoms with Crippen LogP contribution in [-0.4, -0.2) is 30.6 Å². The van der Waals surface area contributed by atoms with Crippen LogP contribution in [0, 0.1) is 5.92 Å². The van der Waals surface area contributed by atoms with Gasteiger partial charge in [-0.05, 0) is 36.6 Å². The summed E-state index contributed by atoms with van der Waals surface area (Å²) in [5, 5.41) is 4.35. The lowest BCUT2D eigenvalue weighted by atomic mass is 10.1. The van der Waals surface area contributed by atoms with Crippen LogP contribution < -0.4 is 10.2 Å². The van der Waals surface area contributed by atoms with Crippen LogP contribution in [0.1, 0.15) is 32.8 Å². The second-order valence-corrected chi connectivity index (χ2v) is 8.47. The third-order valence-electron chi connectivity index (χ3n) is 3.85. The molecule has 118 valence electrons. The summed E-state index contributed by atoms with van der Waals surface area (Å²) in [6.45, 7) is 11.2. The highest BCUT2D eigenvalue weighted by Gasteiger charge is 2.21. The van der Waals surface area contributed by atoms with Gasteiger partial charge in [0.05, 0.1) is 0 Å². The minimum Gasteiger partial charge on any atom is -0.369 e. The SMILES string of the molecule is CCC1CN(c2cc(Br)ccc2CNCC(C)C)CCS1. The van der Waals surface area contributed by atoms with Crippen molar-refractivity contribution in [2.24, 2.45) is 5.92 Å². The van der Waals surface area contributed by atoms with Crippen molar-refractivity contribution < 1.29 is 0 Å². The van der Waals surface area contributed by atoms with Gasteiger partial charge >= 0.3 is 0 Å². The van der Waals surface area contributed by atoms with Gasteiger partial charge in [-0.2, -0.15) is 11.8 Å². The van der Waals surface area contributed by atoms with E-state index in [-0.39, 0.29) is 0 Å². The van der Waals surface area contributed by atoms with Gasteiger partial charge in [0.1, 0.15) is 0 Å². The van der Waals surface area contributed by atoms with Gasteiger partial charge < -0.3 is 10.2 Å². The third kappa shape index (κ3) is 5.19. The third-order valence-corrected chi connectivity index (χ3v) is 5.72. The van der Waals surface area contributed by atoms with Crippen LogP contribution in [0.25, 0.3) is 0 Å². The second-order valence-electron chi connectivity index (χ2n) is 6.14. The largest absolute Gasteiger partial charge is 0.369 e. The topological polar surface area (TPSA) is 15.3 Å². The zero-order chi connectivity index (χ0) is 15.2. The van der Waals surface area contributed by atoms with E-state index in [1.54, 1.807) is 0 Å². The Morgan fingerprint density at radius 2 is 2.24 bits per heavy atom. The van der Waals surface area contributed by atoms with Crippen LogP contribution >= 0.6 is 27.7 Å². The summed E-state index contributed by atoms with van der Waals surface area (Å²) in [5.41, 5.74) is 2.82. The van der Waals surface area contributed by atoms with Crippen LogP contribution in [0.4, 0.5) is 5.69 Å². The Morgan fingerprint density at radius 1 is 1.43 bits per heavy atom. The van der Waals surface area contributed by atoms with Gasteiger partial charge in [0.2, 0.25) is 0 Å². The fourth-order valence-electron chi connectivity index (χ4n) is 2.66. The Bertz CT molecular complexity index is 450. The van der Waals surface area contributed by atoms with Crippen molar-refractivity contribution >= 4 is 33.4 Å². The highest BCUT2D eigenvalue weighted by molar-refractivity contribution is 9.10. The molecule has 1 aliphatic rings. The van der Waals surface area contributed by atoms with Gasteiger partial charge in [-0.1, -0.05) is 42.8 Å². The van der Waals surface area contributed by atoms with E-state index < -0.39 is 0 Å². The standard InChI is InChI=1S/C17H27BrN2S/c1-4-16-12-20(7-8-21-16)17-9-15(18)6-5-14(17)11-19-10-13(2)3/h5-6,9,13,16,19H,4,7-8,10-12H2,1-3H3. The summed E-state index contributed by atoms with van der Waals surface area (Å²) in [6, 6.07) is 6.70. The molecule has 0 amide bonds. The minimum atomic E-state index is 0.694. The zero-order valence-electron chi connectivity index (χ0n) is 13.4. The van der Waals surface area contributed by atoms with Crippen LogP contribution in [0.2, 0.25) is 0 Å². The highest BCUT2D eigenvalue weighted by Crippen LogP contribution is 2.30. The summed E-state index contributed by atoms with van der Waals surface area (Å²) in [7, 11) is 0. The van der Waals surface area contributed by atoms with E-state index in [4.69, 9.17) is 0 Å². The molecule has 1 unspecified atom stereocenters. The Balaban J connectivity index is 2.10. The van der Waals surface area contributed by atoms with E-state index in [1.807, 2.05) is 0 Å². The number of nitrogens with one attached hydrogen (secondary N) is 1. The lowest BCUT2D eigenvalue weighted by Crippen LogP contribution is -2.38. The molecule has 0 spiro atoms. The van der Waals surface area contributed by atoms with Crippen molar-refractivity contribution in [2.75, 3.05) is 30.3 Å². The van der Waals surface area contributed by atoms with E-state index in [0.717, 1.165) is 24.9 Å². The molecule has 1 aliphatic heterocycles. The predicted molar refractivity (Wildman–Crippen MR) is 99.4 cm³/mol. The van der Waals surface area contributed by atoms with E-state index >= 15 is 0 Å². The molecule has 0 bridgehead atoms. The molecule has 1 fully saturated rings. The first-order valence-corrected chi connectivity index (χ1v) is 9.80. The molecule has 0 aliphatic carbocycles. The maximum absolute atomic E-state index is 3.63. The number of benzene rings is 1. The Morgan fingerprint density at radius 3 is 2.95 bits per heavy atom. The summed E-state index contributed by atoms with van der Waals surface area (Å²) in [5.74, 6) is 1.93. The predicted octanol–water partition coefficient (Wildman–Crippen LogP) is 4.53. The molecule has 1 saturated heterocycles. The van der Waals surface area contributed by atoms with E-state index in [1.165, 1.54) is 34.4 Å². The fourth-order valence-corrected chi connectivity index (χ4v) is 4.19. The van der Waals surface area contributed by atoms with Gasteiger partial charge in [-0.15, -0.1) is 0 Å². The molecule has 21 heavy (non-hydrogen) atoms.